The van der Waals surface area contributed by atoms with Crippen molar-refractivity contribution < 1.29 is 12.8 Å². The van der Waals surface area contributed by atoms with E-state index in [0.717, 1.165) is 12.8 Å². The van der Waals surface area contributed by atoms with Gasteiger partial charge in [-0.2, -0.15) is 4.31 Å². The average molecular weight is 359 g/mol. The van der Waals surface area contributed by atoms with E-state index in [1.807, 2.05) is 0 Å². The van der Waals surface area contributed by atoms with Crippen LogP contribution in [0.25, 0.3) is 11.0 Å². The van der Waals surface area contributed by atoms with Gasteiger partial charge in [0.1, 0.15) is 5.58 Å². The molecule has 0 bridgehead atoms. The van der Waals surface area contributed by atoms with Crippen LogP contribution in [0.2, 0.25) is 0 Å². The van der Waals surface area contributed by atoms with Crippen LogP contribution >= 0.6 is 12.4 Å². The zero-order valence-corrected chi connectivity index (χ0v) is 14.1. The molecule has 1 aromatic heterocycles. The Kier molecular flexibility index (Phi) is 5.46. The second kappa shape index (κ2) is 7.00. The van der Waals surface area contributed by atoms with Crippen LogP contribution in [0.4, 0.5) is 0 Å². The fraction of sp³-hybridized carbons (Fsp3) is 0.400. The van der Waals surface area contributed by atoms with Gasteiger partial charge in [0.25, 0.3) is 0 Å². The van der Waals surface area contributed by atoms with Gasteiger partial charge in [-0.1, -0.05) is 0 Å². The number of rotatable bonds is 3. The first-order valence-electron chi connectivity index (χ1n) is 7.25. The molecular formula is C15H19ClN2O4S. The second-order valence-corrected chi connectivity index (χ2v) is 7.48. The van der Waals surface area contributed by atoms with Gasteiger partial charge in [-0.25, -0.2) is 13.2 Å². The SMILES string of the molecule is Cl.NCC1CCN(S(=O)(=O)c2ccc3oc(=O)ccc3c2)CC1. The molecule has 1 aromatic carbocycles. The normalized spacial score (nSPS) is 17.1. The summed E-state index contributed by atoms with van der Waals surface area (Å²) >= 11 is 0. The zero-order chi connectivity index (χ0) is 15.7. The summed E-state index contributed by atoms with van der Waals surface area (Å²) in [5, 5.41) is 0.595. The summed E-state index contributed by atoms with van der Waals surface area (Å²) in [7, 11) is -3.52. The maximum atomic E-state index is 12.7. The standard InChI is InChI=1S/C15H18N2O4S.ClH/c16-10-11-5-7-17(8-6-11)22(19,20)13-2-3-14-12(9-13)1-4-15(18)21-14;/h1-4,9,11H,5-8,10,16H2;1H. The van der Waals surface area contributed by atoms with E-state index in [1.54, 1.807) is 12.1 Å². The van der Waals surface area contributed by atoms with E-state index in [4.69, 9.17) is 10.2 Å². The fourth-order valence-electron chi connectivity index (χ4n) is 2.74. The van der Waals surface area contributed by atoms with E-state index in [9.17, 15) is 13.2 Å². The number of hydrogen-bond donors (Lipinski definition) is 1. The van der Waals surface area contributed by atoms with Crippen LogP contribution in [0.3, 0.4) is 0 Å². The minimum atomic E-state index is -3.52. The lowest BCUT2D eigenvalue weighted by atomic mass is 9.99. The molecule has 0 amide bonds. The third kappa shape index (κ3) is 3.58. The van der Waals surface area contributed by atoms with Crippen LogP contribution in [0.1, 0.15) is 12.8 Å². The first kappa shape index (κ1) is 17.9. The Labute approximate surface area is 140 Å². The van der Waals surface area contributed by atoms with Gasteiger partial charge in [0.05, 0.1) is 4.90 Å². The van der Waals surface area contributed by atoms with E-state index < -0.39 is 15.6 Å². The van der Waals surface area contributed by atoms with Crippen molar-refractivity contribution in [2.75, 3.05) is 19.6 Å². The molecule has 0 spiro atoms. The molecule has 2 aromatic rings. The van der Waals surface area contributed by atoms with Crippen LogP contribution in [-0.4, -0.2) is 32.4 Å². The largest absolute Gasteiger partial charge is 0.423 e. The van der Waals surface area contributed by atoms with Crippen molar-refractivity contribution in [2.45, 2.75) is 17.7 Å². The molecule has 0 saturated carbocycles. The minimum absolute atomic E-state index is 0. The molecule has 2 N–H and O–H groups in total. The third-order valence-electron chi connectivity index (χ3n) is 4.14. The number of fused-ring (bicyclic) bond motifs is 1. The number of benzene rings is 1. The number of piperidine rings is 1. The van der Waals surface area contributed by atoms with E-state index in [0.29, 0.717) is 36.5 Å². The molecule has 1 fully saturated rings. The molecule has 0 atom stereocenters. The monoisotopic (exact) mass is 358 g/mol. The van der Waals surface area contributed by atoms with Gasteiger partial charge in [-0.05, 0) is 49.6 Å². The van der Waals surface area contributed by atoms with Crippen molar-refractivity contribution in [2.24, 2.45) is 11.7 Å². The molecule has 6 nitrogen and oxygen atoms in total. The van der Waals surface area contributed by atoms with Gasteiger partial charge in [-0.15, -0.1) is 12.4 Å². The van der Waals surface area contributed by atoms with Crippen molar-refractivity contribution in [3.8, 4) is 0 Å². The van der Waals surface area contributed by atoms with Crippen molar-refractivity contribution in [1.29, 1.82) is 0 Å². The Morgan fingerprint density at radius 2 is 1.87 bits per heavy atom. The van der Waals surface area contributed by atoms with Crippen LogP contribution in [0.5, 0.6) is 0 Å². The summed E-state index contributed by atoms with van der Waals surface area (Å²) in [4.78, 5) is 11.4. The average Bonchev–Trinajstić information content (AvgIpc) is 2.54. The highest BCUT2D eigenvalue weighted by Gasteiger charge is 2.29. The highest BCUT2D eigenvalue weighted by Crippen LogP contribution is 2.25. The lowest BCUT2D eigenvalue weighted by Crippen LogP contribution is -2.39. The molecule has 1 saturated heterocycles. The molecule has 0 unspecified atom stereocenters. The molecule has 23 heavy (non-hydrogen) atoms. The molecule has 1 aliphatic heterocycles. The fourth-order valence-corrected chi connectivity index (χ4v) is 4.25. The third-order valence-corrected chi connectivity index (χ3v) is 6.03. The lowest BCUT2D eigenvalue weighted by Gasteiger charge is -2.30. The maximum absolute atomic E-state index is 12.7. The molecular weight excluding hydrogens is 340 g/mol. The summed E-state index contributed by atoms with van der Waals surface area (Å²) in [5.74, 6) is 0.400. The van der Waals surface area contributed by atoms with E-state index in [1.165, 1.54) is 22.5 Å². The van der Waals surface area contributed by atoms with E-state index in [2.05, 4.69) is 0 Å². The van der Waals surface area contributed by atoms with Gasteiger partial charge in [0.2, 0.25) is 10.0 Å². The quantitative estimate of drug-likeness (QED) is 0.840. The van der Waals surface area contributed by atoms with Crippen molar-refractivity contribution in [1.82, 2.24) is 4.31 Å². The molecule has 0 radical (unpaired) electrons. The number of hydrogen-bond acceptors (Lipinski definition) is 5. The first-order valence-corrected chi connectivity index (χ1v) is 8.69. The lowest BCUT2D eigenvalue weighted by molar-refractivity contribution is 0.278. The Morgan fingerprint density at radius 1 is 1.17 bits per heavy atom. The minimum Gasteiger partial charge on any atom is -0.423 e. The van der Waals surface area contributed by atoms with E-state index >= 15 is 0 Å². The predicted molar refractivity (Wildman–Crippen MR) is 90.3 cm³/mol. The van der Waals surface area contributed by atoms with Gasteiger partial charge >= 0.3 is 5.63 Å². The summed E-state index contributed by atoms with van der Waals surface area (Å²) in [6.07, 6.45) is 1.58. The topological polar surface area (TPSA) is 93.6 Å². The molecule has 0 aliphatic carbocycles. The Bertz CT molecular complexity index is 842. The summed E-state index contributed by atoms with van der Waals surface area (Å²) in [6, 6.07) is 7.40. The molecule has 8 heteroatoms. The number of nitrogens with two attached hydrogens (primary N) is 1. The van der Waals surface area contributed by atoms with Gasteiger partial charge < -0.3 is 10.2 Å². The van der Waals surface area contributed by atoms with Crippen molar-refractivity contribution >= 4 is 33.4 Å². The van der Waals surface area contributed by atoms with Gasteiger partial charge in [-0.3, -0.25) is 0 Å². The van der Waals surface area contributed by atoms with Crippen LogP contribution < -0.4 is 11.4 Å². The summed E-state index contributed by atoms with van der Waals surface area (Å²) in [6.45, 7) is 1.58. The first-order chi connectivity index (χ1) is 10.5. The molecule has 3 rings (SSSR count). The van der Waals surface area contributed by atoms with Crippen LogP contribution in [0, 0.1) is 5.92 Å². The number of halogens is 1. The van der Waals surface area contributed by atoms with Crippen molar-refractivity contribution in [3.05, 3.63) is 40.8 Å². The van der Waals surface area contributed by atoms with Crippen LogP contribution in [0.15, 0.2) is 44.4 Å². The Hall–Kier alpha value is -1.41. The molecule has 126 valence electrons. The van der Waals surface area contributed by atoms with Crippen LogP contribution in [-0.2, 0) is 10.0 Å². The molecule has 2 heterocycles. The maximum Gasteiger partial charge on any atom is 0.336 e. The Balaban J connectivity index is 0.00000192. The number of nitrogens with zero attached hydrogens (tertiary/aromatic N) is 1. The number of sulfonamides is 1. The van der Waals surface area contributed by atoms with Crippen molar-refractivity contribution in [3.63, 3.8) is 0 Å². The van der Waals surface area contributed by atoms with E-state index in [-0.39, 0.29) is 17.3 Å². The highest BCUT2D eigenvalue weighted by molar-refractivity contribution is 7.89. The summed E-state index contributed by atoms with van der Waals surface area (Å²) in [5.41, 5.74) is 5.57. The van der Waals surface area contributed by atoms with Gasteiger partial charge in [0.15, 0.2) is 0 Å². The highest BCUT2D eigenvalue weighted by atomic mass is 35.5. The summed E-state index contributed by atoms with van der Waals surface area (Å²) < 4.78 is 31.9. The second-order valence-electron chi connectivity index (χ2n) is 5.54. The molecule has 1 aliphatic rings. The predicted octanol–water partition coefficient (Wildman–Crippen LogP) is 1.57. The zero-order valence-electron chi connectivity index (χ0n) is 12.5. The smallest absolute Gasteiger partial charge is 0.336 e. The van der Waals surface area contributed by atoms with Gasteiger partial charge in [0, 0.05) is 24.5 Å². The Morgan fingerprint density at radius 3 is 2.52 bits per heavy atom.